The number of hydrazine groups is 2. The smallest absolute Gasteiger partial charge is 0.279 e. The van der Waals surface area contributed by atoms with Gasteiger partial charge >= 0.3 is 0 Å². The molecule has 0 unspecified atom stereocenters. The average molecular weight is 1070 g/mol. The Morgan fingerprint density at radius 3 is 1.33 bits per heavy atom. The van der Waals surface area contributed by atoms with E-state index in [1.54, 1.807) is 48.4 Å². The fourth-order valence-corrected chi connectivity index (χ4v) is 9.73. The van der Waals surface area contributed by atoms with Crippen LogP contribution in [-0.2, 0) is 13.1 Å². The second-order valence-corrected chi connectivity index (χ2v) is 19.9. The first-order valence-electron chi connectivity index (χ1n) is 24.9. The highest BCUT2D eigenvalue weighted by atomic mass is 35.5. The first-order chi connectivity index (χ1) is 36.3. The SMILES string of the molecule is CCN(CC)CCNCc1ccc(C(=O)Nc2[nH]nc3sc(C(=O)NN(C)c4ccc(Cl)cc4)cc23)cc1.CCN(CC)CCNCc1ccc(C(=O)Nc2[nH]nc3sc(C(=O)NN(C)c4ccccc4)cc23)cc1. The number of likely N-dealkylation sites (N-methyl/N-ethyl adjacent to an activating group) is 2. The summed E-state index contributed by atoms with van der Waals surface area (Å²) >= 11 is 8.44. The molecule has 75 heavy (non-hydrogen) atoms. The minimum Gasteiger partial charge on any atom is -0.311 e. The van der Waals surface area contributed by atoms with Crippen molar-refractivity contribution >= 4 is 101 Å². The molecule has 0 spiro atoms. The van der Waals surface area contributed by atoms with Gasteiger partial charge in [-0.3, -0.25) is 50.2 Å². The second-order valence-electron chi connectivity index (χ2n) is 17.4. The fourth-order valence-electron chi connectivity index (χ4n) is 7.83. The van der Waals surface area contributed by atoms with Crippen molar-refractivity contribution < 1.29 is 19.2 Å². The lowest BCUT2D eigenvalue weighted by molar-refractivity contribution is 0.0947. The molecule has 0 aliphatic carbocycles. The summed E-state index contributed by atoms with van der Waals surface area (Å²) in [5.74, 6) is -0.0943. The van der Waals surface area contributed by atoms with E-state index in [1.165, 1.54) is 22.7 Å². The van der Waals surface area contributed by atoms with Crippen LogP contribution in [0.3, 0.4) is 0 Å². The van der Waals surface area contributed by atoms with Gasteiger partial charge in [-0.1, -0.05) is 81.8 Å². The molecule has 0 aliphatic heterocycles. The number of aromatic nitrogens is 4. The number of halogens is 1. The zero-order valence-electron chi connectivity index (χ0n) is 43.1. The molecule has 0 aliphatic rings. The van der Waals surface area contributed by atoms with Crippen molar-refractivity contribution in [3.63, 3.8) is 0 Å². The van der Waals surface area contributed by atoms with Crippen LogP contribution in [0.5, 0.6) is 0 Å². The second kappa shape index (κ2) is 27.4. The van der Waals surface area contributed by atoms with E-state index in [0.717, 1.165) is 87.9 Å². The van der Waals surface area contributed by atoms with Crippen LogP contribution in [0.2, 0.25) is 5.02 Å². The molecule has 18 nitrogen and oxygen atoms in total. The van der Waals surface area contributed by atoms with Crippen LogP contribution in [0.1, 0.15) is 78.9 Å². The summed E-state index contributed by atoms with van der Waals surface area (Å²) in [5.41, 5.74) is 10.7. The molecular formula is C54H65ClN14O4S2. The molecule has 0 bridgehead atoms. The number of nitrogens with zero attached hydrogens (tertiary/aromatic N) is 6. The van der Waals surface area contributed by atoms with Gasteiger partial charge in [0.1, 0.15) is 21.3 Å². The van der Waals surface area contributed by atoms with E-state index in [9.17, 15) is 19.2 Å². The number of fused-ring (bicyclic) bond motifs is 2. The normalized spacial score (nSPS) is 11.2. The minimum absolute atomic E-state index is 0.243. The number of H-pyrrole nitrogens is 2. The number of hydrogen-bond donors (Lipinski definition) is 8. The summed E-state index contributed by atoms with van der Waals surface area (Å²) in [6, 6.07) is 35.2. The maximum absolute atomic E-state index is 12.9. The third-order valence-electron chi connectivity index (χ3n) is 12.4. The lowest BCUT2D eigenvalue weighted by atomic mass is 10.1. The number of amides is 4. The molecule has 0 radical (unpaired) electrons. The Morgan fingerprint density at radius 2 is 0.933 bits per heavy atom. The van der Waals surface area contributed by atoms with Gasteiger partial charge in [0.05, 0.1) is 31.9 Å². The van der Waals surface area contributed by atoms with Gasteiger partial charge in [0.25, 0.3) is 23.6 Å². The van der Waals surface area contributed by atoms with Crippen LogP contribution in [0.25, 0.3) is 20.4 Å². The van der Waals surface area contributed by atoms with Crippen LogP contribution in [-0.4, -0.2) is 120 Å². The Balaban J connectivity index is 0.000000219. The predicted molar refractivity (Wildman–Crippen MR) is 305 cm³/mol. The van der Waals surface area contributed by atoms with Crippen LogP contribution < -0.4 is 42.1 Å². The standard InChI is InChI=1S/C27H32ClN7O2S.C27H33N7O2S/c1-4-35(5-2)15-14-29-17-18-6-8-19(9-7-18)25(36)30-24-22-16-23(38-27(22)32-31-24)26(37)33-34(3)21-12-10-20(28)11-13-21;1-4-34(5-2)16-15-28-18-19-11-13-20(14-12-19)25(35)29-24-22-17-23(37-27(22)31-30-24)26(36)32-33(3)21-9-7-6-8-10-21/h6-13,16,29H,4-5,14-15,17H2,1-3H3,(H,33,37)(H2,30,31,32,36);6-14,17,28H,4-5,15-16,18H2,1-3H3,(H,32,36)(H2,29,30,31,35). The number of carbonyl (C=O) groups is 4. The van der Waals surface area contributed by atoms with Crippen LogP contribution in [0, 0.1) is 0 Å². The van der Waals surface area contributed by atoms with E-state index >= 15 is 0 Å². The zero-order chi connectivity index (χ0) is 53.3. The molecule has 4 aromatic carbocycles. The number of anilines is 4. The third-order valence-corrected chi connectivity index (χ3v) is 14.7. The van der Waals surface area contributed by atoms with E-state index in [4.69, 9.17) is 11.6 Å². The Bertz CT molecular complexity index is 3100. The molecule has 0 saturated carbocycles. The molecule has 21 heteroatoms. The number of hydrogen-bond acceptors (Lipinski definition) is 14. The highest BCUT2D eigenvalue weighted by molar-refractivity contribution is 7.20. The van der Waals surface area contributed by atoms with E-state index in [-0.39, 0.29) is 23.6 Å². The summed E-state index contributed by atoms with van der Waals surface area (Å²) in [4.78, 5) is 58.3. The predicted octanol–water partition coefficient (Wildman–Crippen LogP) is 8.83. The first kappa shape index (κ1) is 55.6. The molecule has 0 saturated heterocycles. The number of carbonyl (C=O) groups excluding carboxylic acids is 4. The monoisotopic (exact) mass is 1070 g/mol. The van der Waals surface area contributed by atoms with Gasteiger partial charge in [0, 0.05) is 69.5 Å². The van der Waals surface area contributed by atoms with Crippen molar-refractivity contribution in [2.75, 3.05) is 87.1 Å². The summed E-state index contributed by atoms with van der Waals surface area (Å²) in [5, 5.41) is 32.2. The molecule has 394 valence electrons. The van der Waals surface area contributed by atoms with Gasteiger partial charge in [-0.25, -0.2) is 0 Å². The number of rotatable bonds is 24. The van der Waals surface area contributed by atoms with E-state index < -0.39 is 0 Å². The van der Waals surface area contributed by atoms with E-state index in [0.29, 0.717) is 58.0 Å². The van der Waals surface area contributed by atoms with Crippen molar-refractivity contribution in [2.24, 2.45) is 0 Å². The van der Waals surface area contributed by atoms with Crippen molar-refractivity contribution in [2.45, 2.75) is 40.8 Å². The number of aromatic amines is 2. The average Bonchev–Trinajstić information content (AvgIpc) is 4.24. The number of nitrogens with one attached hydrogen (secondary N) is 8. The Kier molecular flexibility index (Phi) is 20.3. The first-order valence-corrected chi connectivity index (χ1v) is 26.9. The zero-order valence-corrected chi connectivity index (χ0v) is 45.4. The molecule has 8 aromatic rings. The topological polar surface area (TPSA) is 211 Å². The molecule has 0 fully saturated rings. The molecule has 8 N–H and O–H groups in total. The van der Waals surface area contributed by atoms with Gasteiger partial charge in [0.2, 0.25) is 0 Å². The van der Waals surface area contributed by atoms with Crippen molar-refractivity contribution in [1.82, 2.24) is 51.7 Å². The summed E-state index contributed by atoms with van der Waals surface area (Å²) in [6.45, 7) is 18.2. The maximum atomic E-state index is 12.9. The molecular weight excluding hydrogens is 1010 g/mol. The third kappa shape index (κ3) is 15.5. The van der Waals surface area contributed by atoms with Crippen LogP contribution in [0.15, 0.2) is 115 Å². The molecule has 4 aromatic heterocycles. The Hall–Kier alpha value is -7.17. The molecule has 8 rings (SSSR count). The minimum atomic E-state index is -0.274. The van der Waals surface area contributed by atoms with Gasteiger partial charge in [-0.2, -0.15) is 10.2 Å². The summed E-state index contributed by atoms with van der Waals surface area (Å²) < 4.78 is 0. The largest absolute Gasteiger partial charge is 0.311 e. The van der Waals surface area contributed by atoms with Gasteiger partial charge in [-0.05, 0) is 110 Å². The summed E-state index contributed by atoms with van der Waals surface area (Å²) in [6.07, 6.45) is 0. The fraction of sp³-hybridized carbons (Fsp3) is 0.296. The number of benzene rings is 4. The Morgan fingerprint density at radius 1 is 0.533 bits per heavy atom. The van der Waals surface area contributed by atoms with E-state index in [1.807, 2.05) is 91.0 Å². The maximum Gasteiger partial charge on any atom is 0.279 e. The Labute approximate surface area is 450 Å². The lowest BCUT2D eigenvalue weighted by Gasteiger charge is -2.19. The number of para-hydroxylation sites is 1. The van der Waals surface area contributed by atoms with E-state index in [2.05, 4.69) is 90.0 Å². The van der Waals surface area contributed by atoms with Crippen molar-refractivity contribution in [3.8, 4) is 0 Å². The molecule has 4 amide bonds. The molecule has 0 atom stereocenters. The van der Waals surface area contributed by atoms with Gasteiger partial charge in [-0.15, -0.1) is 22.7 Å². The number of thiophene rings is 2. The highest BCUT2D eigenvalue weighted by Gasteiger charge is 2.20. The summed E-state index contributed by atoms with van der Waals surface area (Å²) in [7, 11) is 3.53. The van der Waals surface area contributed by atoms with Crippen molar-refractivity contribution in [1.29, 1.82) is 0 Å². The quantitative estimate of drug-likeness (QED) is 0.0211. The lowest BCUT2D eigenvalue weighted by Crippen LogP contribution is -2.38. The van der Waals surface area contributed by atoms with Crippen molar-refractivity contribution in [3.05, 3.63) is 152 Å². The van der Waals surface area contributed by atoms with Gasteiger partial charge < -0.3 is 31.1 Å². The molecule has 4 heterocycles. The highest BCUT2D eigenvalue weighted by Crippen LogP contribution is 2.31. The van der Waals surface area contributed by atoms with Gasteiger partial charge in [0.15, 0.2) is 0 Å². The van der Waals surface area contributed by atoms with Crippen LogP contribution >= 0.6 is 34.3 Å². The van der Waals surface area contributed by atoms with Crippen LogP contribution in [0.4, 0.5) is 23.0 Å².